The fraction of sp³-hybridized carbons (Fsp3) is 0.452. The first-order valence-corrected chi connectivity index (χ1v) is 16.6. The van der Waals surface area contributed by atoms with Crippen LogP contribution < -0.4 is 15.4 Å². The van der Waals surface area contributed by atoms with Gasteiger partial charge in [0.25, 0.3) is 15.9 Å². The lowest BCUT2D eigenvalue weighted by molar-refractivity contribution is 0.0951. The number of aliphatic hydroxyl groups excluding tert-OH is 1. The number of benzene rings is 2. The smallest absolute Gasteiger partial charge is 0.252 e. The summed E-state index contributed by atoms with van der Waals surface area (Å²) >= 11 is 1.11. The van der Waals surface area contributed by atoms with E-state index in [1.165, 1.54) is 30.7 Å². The van der Waals surface area contributed by atoms with E-state index < -0.39 is 16.1 Å². The molecule has 1 unspecified atom stereocenters. The maximum Gasteiger partial charge on any atom is 0.252 e. The van der Waals surface area contributed by atoms with E-state index in [2.05, 4.69) is 17.6 Å². The minimum absolute atomic E-state index is 0.130. The van der Waals surface area contributed by atoms with Crippen LogP contribution in [0.25, 0.3) is 0 Å². The molecule has 0 radical (unpaired) electrons. The van der Waals surface area contributed by atoms with E-state index in [4.69, 9.17) is 4.74 Å². The van der Waals surface area contributed by atoms with Crippen LogP contribution in [0.2, 0.25) is 0 Å². The third-order valence-corrected chi connectivity index (χ3v) is 11.0. The summed E-state index contributed by atoms with van der Waals surface area (Å²) in [6.07, 6.45) is 5.18. The molecule has 1 amide bonds. The van der Waals surface area contributed by atoms with Crippen LogP contribution in [-0.2, 0) is 16.6 Å². The number of carbonyl (C=O) groups is 1. The summed E-state index contributed by atoms with van der Waals surface area (Å²) in [7, 11) is -2.31. The maximum atomic E-state index is 13.9. The molecule has 1 aliphatic heterocycles. The Bertz CT molecular complexity index is 1370. The average Bonchev–Trinajstić information content (AvgIpc) is 3.45. The molecular weight excluding hydrogens is 558 g/mol. The molecule has 4 rings (SSSR count). The molecule has 3 N–H and O–H groups in total. The Morgan fingerprint density at radius 1 is 1.07 bits per heavy atom. The summed E-state index contributed by atoms with van der Waals surface area (Å²) in [5.41, 5.74) is 1.39. The second-order valence-electron chi connectivity index (χ2n) is 10.4. The number of amides is 1. The maximum absolute atomic E-state index is 13.9. The highest BCUT2D eigenvalue weighted by Crippen LogP contribution is 2.37. The third-order valence-electron chi connectivity index (χ3n) is 7.43. The predicted octanol–water partition coefficient (Wildman–Crippen LogP) is 5.09. The van der Waals surface area contributed by atoms with E-state index in [1.54, 1.807) is 42.5 Å². The van der Waals surface area contributed by atoms with Gasteiger partial charge in [-0.05, 0) is 55.6 Å². The normalized spacial score (nSPS) is 15.5. The molecule has 8 nitrogen and oxygen atoms in total. The largest absolute Gasteiger partial charge is 0.497 e. The second-order valence-corrected chi connectivity index (χ2v) is 13.6. The van der Waals surface area contributed by atoms with Gasteiger partial charge >= 0.3 is 0 Å². The molecule has 41 heavy (non-hydrogen) atoms. The number of piperidine rings is 1. The van der Waals surface area contributed by atoms with E-state index >= 15 is 0 Å². The minimum Gasteiger partial charge on any atom is -0.497 e. The molecule has 1 aromatic heterocycles. The van der Waals surface area contributed by atoms with Gasteiger partial charge in [0.1, 0.15) is 16.1 Å². The summed E-state index contributed by atoms with van der Waals surface area (Å²) in [5.74, 6) is 0.280. The van der Waals surface area contributed by atoms with Crippen LogP contribution in [-0.4, -0.2) is 56.5 Å². The first-order chi connectivity index (χ1) is 19.8. The molecule has 1 atom stereocenters. The number of aliphatic hydroxyl groups is 1. The van der Waals surface area contributed by atoms with Crippen LogP contribution in [0.3, 0.4) is 0 Å². The summed E-state index contributed by atoms with van der Waals surface area (Å²) < 4.78 is 34.7. The molecule has 10 heteroatoms. The van der Waals surface area contributed by atoms with Crippen LogP contribution in [0.1, 0.15) is 77.9 Å². The Morgan fingerprint density at radius 2 is 1.83 bits per heavy atom. The molecule has 1 aliphatic rings. The van der Waals surface area contributed by atoms with E-state index in [9.17, 15) is 18.3 Å². The highest BCUT2D eigenvalue weighted by molar-refractivity contribution is 7.91. The molecule has 1 saturated heterocycles. The van der Waals surface area contributed by atoms with Gasteiger partial charge in [0.15, 0.2) is 0 Å². The van der Waals surface area contributed by atoms with Gasteiger partial charge < -0.3 is 20.5 Å². The second kappa shape index (κ2) is 14.9. The Balaban J connectivity index is 1.49. The molecule has 0 aliphatic carbocycles. The van der Waals surface area contributed by atoms with Crippen molar-refractivity contribution < 1.29 is 23.1 Å². The van der Waals surface area contributed by atoms with Crippen molar-refractivity contribution in [3.63, 3.8) is 0 Å². The summed E-state index contributed by atoms with van der Waals surface area (Å²) in [4.78, 5) is 13.4. The Morgan fingerprint density at radius 3 is 2.54 bits per heavy atom. The van der Waals surface area contributed by atoms with Gasteiger partial charge in [-0.3, -0.25) is 4.79 Å². The Kier molecular flexibility index (Phi) is 11.4. The highest BCUT2D eigenvalue weighted by atomic mass is 32.2. The van der Waals surface area contributed by atoms with Crippen LogP contribution in [0.15, 0.2) is 64.9 Å². The molecule has 0 bridgehead atoms. The van der Waals surface area contributed by atoms with Gasteiger partial charge in [-0.2, -0.15) is 4.31 Å². The van der Waals surface area contributed by atoms with Crippen molar-refractivity contribution in [3.8, 4) is 5.75 Å². The SMILES string of the molecule is CCCCCCNC1CCN(S(=O)(=O)c2sc(CNC(=O)c3cccc(OC)c3)cc2C(O)c2ccccc2)CC1. The topological polar surface area (TPSA) is 108 Å². The Hall–Kier alpha value is -2.76. The summed E-state index contributed by atoms with van der Waals surface area (Å²) in [6, 6.07) is 17.9. The molecule has 222 valence electrons. The quantitative estimate of drug-likeness (QED) is 0.223. The van der Waals surface area contributed by atoms with Crippen LogP contribution in [0, 0.1) is 0 Å². The lowest BCUT2D eigenvalue weighted by Crippen LogP contribution is -2.45. The number of sulfonamides is 1. The number of nitrogens with one attached hydrogen (secondary N) is 2. The number of thiophene rings is 1. The molecule has 2 aromatic carbocycles. The number of nitrogens with zero attached hydrogens (tertiary/aromatic N) is 1. The molecule has 2 heterocycles. The van der Waals surface area contributed by atoms with E-state index in [-0.39, 0.29) is 16.7 Å². The van der Waals surface area contributed by atoms with Crippen molar-refractivity contribution in [2.75, 3.05) is 26.7 Å². The number of rotatable bonds is 14. The molecule has 3 aromatic rings. The predicted molar refractivity (Wildman–Crippen MR) is 163 cm³/mol. The zero-order valence-corrected chi connectivity index (χ0v) is 25.5. The number of carbonyl (C=O) groups excluding carboxylic acids is 1. The first-order valence-electron chi connectivity index (χ1n) is 14.3. The molecule has 0 spiro atoms. The fourth-order valence-corrected chi connectivity index (χ4v) is 8.35. The molecule has 1 fully saturated rings. The van der Waals surface area contributed by atoms with Crippen molar-refractivity contribution in [1.82, 2.24) is 14.9 Å². The first kappa shape index (κ1) is 31.2. The van der Waals surface area contributed by atoms with Gasteiger partial charge in [0.05, 0.1) is 13.7 Å². The number of methoxy groups -OCH3 is 1. The molecular formula is C31H41N3O5S2. The number of hydrogen-bond acceptors (Lipinski definition) is 7. The van der Waals surface area contributed by atoms with Crippen LogP contribution in [0.5, 0.6) is 5.75 Å². The van der Waals surface area contributed by atoms with Gasteiger partial charge in [0, 0.05) is 35.1 Å². The van der Waals surface area contributed by atoms with Gasteiger partial charge in [0.2, 0.25) is 0 Å². The van der Waals surface area contributed by atoms with Crippen molar-refractivity contribution in [2.24, 2.45) is 0 Å². The fourth-order valence-electron chi connectivity index (χ4n) is 5.04. The minimum atomic E-state index is -3.85. The summed E-state index contributed by atoms with van der Waals surface area (Å²) in [6.45, 7) is 4.14. The number of hydrogen-bond donors (Lipinski definition) is 3. The number of ether oxygens (including phenoxy) is 1. The number of unbranched alkanes of at least 4 members (excludes halogenated alkanes) is 3. The van der Waals surface area contributed by atoms with Gasteiger partial charge in [-0.15, -0.1) is 11.3 Å². The average molecular weight is 600 g/mol. The van der Waals surface area contributed by atoms with Crippen molar-refractivity contribution in [1.29, 1.82) is 0 Å². The van der Waals surface area contributed by atoms with Crippen LogP contribution in [0.4, 0.5) is 0 Å². The van der Waals surface area contributed by atoms with Gasteiger partial charge in [-0.1, -0.05) is 62.6 Å². The lowest BCUT2D eigenvalue weighted by Gasteiger charge is -2.32. The monoisotopic (exact) mass is 599 g/mol. The van der Waals surface area contributed by atoms with E-state index in [0.717, 1.165) is 37.1 Å². The van der Waals surface area contributed by atoms with E-state index in [0.29, 0.717) is 46.4 Å². The Labute approximate surface area is 247 Å². The van der Waals surface area contributed by atoms with Crippen LogP contribution >= 0.6 is 11.3 Å². The lowest BCUT2D eigenvalue weighted by atomic mass is 10.0. The van der Waals surface area contributed by atoms with Crippen molar-refractivity contribution >= 4 is 27.3 Å². The zero-order chi connectivity index (χ0) is 29.2. The standard InChI is InChI=1S/C31H41N3O5S2/c1-3-4-5-9-17-32-25-15-18-34(19-16-25)41(37,38)31-28(29(35)23-11-7-6-8-12-23)21-27(40-31)22-33-30(36)24-13-10-14-26(20-24)39-2/h6-8,10-14,20-21,25,29,32,35H,3-5,9,15-19,22H2,1-2H3,(H,33,36). The highest BCUT2D eigenvalue weighted by Gasteiger charge is 2.34. The van der Waals surface area contributed by atoms with E-state index in [1.807, 2.05) is 18.2 Å². The summed E-state index contributed by atoms with van der Waals surface area (Å²) in [5, 5.41) is 17.7. The molecule has 0 saturated carbocycles. The van der Waals surface area contributed by atoms with Gasteiger partial charge in [-0.25, -0.2) is 8.42 Å². The van der Waals surface area contributed by atoms with Crippen molar-refractivity contribution in [3.05, 3.63) is 82.2 Å². The zero-order valence-electron chi connectivity index (χ0n) is 23.8. The van der Waals surface area contributed by atoms with Crippen molar-refractivity contribution in [2.45, 2.75) is 68.3 Å². The third kappa shape index (κ3) is 8.17.